The molecule has 4 rings (SSSR count). The van der Waals surface area contributed by atoms with Crippen LogP contribution in [0.25, 0.3) is 10.9 Å². The fourth-order valence-electron chi connectivity index (χ4n) is 3.56. The number of hydrogen-bond acceptors (Lipinski definition) is 6. The molecule has 1 aliphatic rings. The third-order valence-corrected chi connectivity index (χ3v) is 6.31. The van der Waals surface area contributed by atoms with Gasteiger partial charge < -0.3 is 14.5 Å². The average Bonchev–Trinajstić information content (AvgIpc) is 2.82. The highest BCUT2D eigenvalue weighted by Gasteiger charge is 2.21. The minimum Gasteiger partial charge on any atom is -0.453 e. The van der Waals surface area contributed by atoms with Crippen LogP contribution in [0.1, 0.15) is 10.4 Å². The Kier molecular flexibility index (Phi) is 6.18. The number of carbonyl (C=O) groups is 2. The molecule has 1 aromatic heterocycles. The van der Waals surface area contributed by atoms with Crippen LogP contribution in [0.5, 0.6) is 0 Å². The number of thioether (sulfide) groups is 1. The van der Waals surface area contributed by atoms with Crippen molar-refractivity contribution in [2.75, 3.05) is 43.9 Å². The van der Waals surface area contributed by atoms with E-state index in [-0.39, 0.29) is 11.9 Å². The molecule has 30 heavy (non-hydrogen) atoms. The van der Waals surface area contributed by atoms with Crippen LogP contribution >= 0.6 is 11.8 Å². The van der Waals surface area contributed by atoms with Crippen LogP contribution in [0.2, 0.25) is 0 Å². The van der Waals surface area contributed by atoms with Crippen LogP contribution in [0.4, 0.5) is 10.5 Å². The first kappa shape index (κ1) is 20.2. The maximum Gasteiger partial charge on any atom is 0.409 e. The number of piperazine rings is 1. The lowest BCUT2D eigenvalue weighted by Gasteiger charge is -2.35. The van der Waals surface area contributed by atoms with Crippen LogP contribution in [0, 0.1) is 0 Å². The van der Waals surface area contributed by atoms with Gasteiger partial charge in [-0.05, 0) is 36.4 Å². The van der Waals surface area contributed by atoms with E-state index >= 15 is 0 Å². The van der Waals surface area contributed by atoms with Crippen molar-refractivity contribution in [3.05, 3.63) is 66.4 Å². The largest absolute Gasteiger partial charge is 0.453 e. The fraction of sp³-hybridized carbons (Fsp3) is 0.261. The number of aromatic nitrogens is 1. The number of ether oxygens (including phenoxy) is 1. The van der Waals surface area contributed by atoms with Gasteiger partial charge in [0, 0.05) is 53.9 Å². The van der Waals surface area contributed by atoms with Crippen molar-refractivity contribution in [3.8, 4) is 0 Å². The van der Waals surface area contributed by atoms with Gasteiger partial charge in [0.15, 0.2) is 5.78 Å². The third kappa shape index (κ3) is 4.41. The van der Waals surface area contributed by atoms with Crippen molar-refractivity contribution in [2.24, 2.45) is 0 Å². The second-order valence-electron chi connectivity index (χ2n) is 7.03. The fourth-order valence-corrected chi connectivity index (χ4v) is 4.50. The molecule has 0 radical (unpaired) electrons. The lowest BCUT2D eigenvalue weighted by molar-refractivity contribution is 0.102. The smallest absolute Gasteiger partial charge is 0.409 e. The number of para-hydroxylation sites is 1. The molecule has 0 saturated carbocycles. The number of Topliss-reactive ketones (excluding diaryl/α,β-unsaturated/α-hetero) is 1. The molecular formula is C23H23N3O3S. The number of benzene rings is 2. The number of hydrogen-bond donors (Lipinski definition) is 0. The highest BCUT2D eigenvalue weighted by Crippen LogP contribution is 2.27. The number of methoxy groups -OCH3 is 1. The van der Waals surface area contributed by atoms with E-state index in [2.05, 4.69) is 9.88 Å². The summed E-state index contributed by atoms with van der Waals surface area (Å²) in [5.74, 6) is 0.480. The number of amides is 1. The van der Waals surface area contributed by atoms with Gasteiger partial charge in [-0.3, -0.25) is 9.78 Å². The molecule has 0 spiro atoms. The van der Waals surface area contributed by atoms with Crippen molar-refractivity contribution in [3.63, 3.8) is 0 Å². The van der Waals surface area contributed by atoms with Gasteiger partial charge in [0.05, 0.1) is 18.4 Å². The number of carbonyl (C=O) groups excluding carboxylic acids is 2. The maximum absolute atomic E-state index is 12.7. The zero-order valence-electron chi connectivity index (χ0n) is 16.8. The average molecular weight is 422 g/mol. The van der Waals surface area contributed by atoms with Crippen molar-refractivity contribution in [2.45, 2.75) is 4.90 Å². The first-order valence-electron chi connectivity index (χ1n) is 9.83. The predicted octanol–water partition coefficient (Wildman–Crippen LogP) is 4.10. The Balaban J connectivity index is 1.36. The van der Waals surface area contributed by atoms with Gasteiger partial charge >= 0.3 is 6.09 Å². The molecule has 2 aromatic carbocycles. The molecule has 0 atom stereocenters. The Morgan fingerprint density at radius 1 is 1.00 bits per heavy atom. The molecule has 6 nitrogen and oxygen atoms in total. The van der Waals surface area contributed by atoms with Crippen molar-refractivity contribution < 1.29 is 14.3 Å². The van der Waals surface area contributed by atoms with Crippen molar-refractivity contribution >= 4 is 40.2 Å². The van der Waals surface area contributed by atoms with Gasteiger partial charge in [-0.1, -0.05) is 18.2 Å². The van der Waals surface area contributed by atoms with Crippen LogP contribution in [-0.4, -0.2) is 60.8 Å². The second-order valence-corrected chi connectivity index (χ2v) is 8.05. The highest BCUT2D eigenvalue weighted by molar-refractivity contribution is 8.00. The van der Waals surface area contributed by atoms with Crippen LogP contribution in [0.3, 0.4) is 0 Å². The van der Waals surface area contributed by atoms with E-state index in [0.717, 1.165) is 34.6 Å². The number of rotatable bonds is 5. The molecule has 154 valence electrons. The first-order chi connectivity index (χ1) is 14.7. The molecule has 1 fully saturated rings. The molecule has 3 aromatic rings. The van der Waals surface area contributed by atoms with E-state index < -0.39 is 0 Å². The van der Waals surface area contributed by atoms with Crippen LogP contribution in [0.15, 0.2) is 65.7 Å². The molecule has 0 aliphatic carbocycles. The van der Waals surface area contributed by atoms with Gasteiger partial charge in [0.25, 0.3) is 0 Å². The lowest BCUT2D eigenvalue weighted by Crippen LogP contribution is -2.48. The molecule has 0 unspecified atom stereocenters. The van der Waals surface area contributed by atoms with Gasteiger partial charge in [-0.2, -0.15) is 0 Å². The minimum atomic E-state index is -0.282. The Bertz CT molecular complexity index is 1040. The molecule has 2 heterocycles. The molecule has 0 bridgehead atoms. The van der Waals surface area contributed by atoms with E-state index in [1.165, 1.54) is 7.11 Å². The Morgan fingerprint density at radius 3 is 2.47 bits per heavy atom. The highest BCUT2D eigenvalue weighted by atomic mass is 32.2. The summed E-state index contributed by atoms with van der Waals surface area (Å²) in [4.78, 5) is 33.6. The van der Waals surface area contributed by atoms with Crippen LogP contribution in [-0.2, 0) is 4.74 Å². The molecule has 7 heteroatoms. The number of ketones is 1. The molecule has 1 saturated heterocycles. The van der Waals surface area contributed by atoms with E-state index in [4.69, 9.17) is 4.74 Å². The standard InChI is InChI=1S/C23H23N3O3S/c1-29-23(28)26-14-12-25(13-15-26)18-8-6-17(7-9-18)21(27)16-30-22-10-11-24-20-5-3-2-4-19(20)22/h2-11H,12-16H2,1H3. The number of nitrogens with zero attached hydrogens (tertiary/aromatic N) is 3. The first-order valence-corrected chi connectivity index (χ1v) is 10.8. The summed E-state index contributed by atoms with van der Waals surface area (Å²) in [5.41, 5.74) is 2.70. The zero-order valence-corrected chi connectivity index (χ0v) is 17.6. The molecule has 1 aliphatic heterocycles. The van der Waals surface area contributed by atoms with Gasteiger partial charge in [0.2, 0.25) is 0 Å². The molecule has 0 N–H and O–H groups in total. The van der Waals surface area contributed by atoms with Gasteiger partial charge in [0.1, 0.15) is 0 Å². The minimum absolute atomic E-state index is 0.1000. The SMILES string of the molecule is COC(=O)N1CCN(c2ccc(C(=O)CSc3ccnc4ccccc34)cc2)CC1. The van der Waals surface area contributed by atoms with E-state index in [1.54, 1.807) is 22.9 Å². The maximum atomic E-state index is 12.7. The number of pyridine rings is 1. The monoisotopic (exact) mass is 421 g/mol. The van der Waals surface area contributed by atoms with Crippen LogP contribution < -0.4 is 4.90 Å². The summed E-state index contributed by atoms with van der Waals surface area (Å²) < 4.78 is 4.78. The Hall–Kier alpha value is -3.06. The summed E-state index contributed by atoms with van der Waals surface area (Å²) in [5, 5.41) is 1.07. The molecular weight excluding hydrogens is 398 g/mol. The third-order valence-electron chi connectivity index (χ3n) is 5.23. The Labute approximate surface area is 179 Å². The summed E-state index contributed by atoms with van der Waals surface area (Å²) >= 11 is 1.54. The van der Waals surface area contributed by atoms with Gasteiger partial charge in [-0.25, -0.2) is 4.79 Å². The van der Waals surface area contributed by atoms with E-state index in [9.17, 15) is 9.59 Å². The summed E-state index contributed by atoms with van der Waals surface area (Å²) in [7, 11) is 1.40. The topological polar surface area (TPSA) is 62.7 Å². The Morgan fingerprint density at radius 2 is 1.73 bits per heavy atom. The number of anilines is 1. The summed E-state index contributed by atoms with van der Waals surface area (Å²) in [6.07, 6.45) is 1.50. The van der Waals surface area contributed by atoms with E-state index in [1.807, 2.05) is 54.6 Å². The predicted molar refractivity (Wildman–Crippen MR) is 119 cm³/mol. The quantitative estimate of drug-likeness (QED) is 0.457. The zero-order chi connectivity index (χ0) is 20.9. The number of fused-ring (bicyclic) bond motifs is 1. The van der Waals surface area contributed by atoms with E-state index in [0.29, 0.717) is 24.4 Å². The van der Waals surface area contributed by atoms with Crippen molar-refractivity contribution in [1.82, 2.24) is 9.88 Å². The second kappa shape index (κ2) is 9.17. The normalized spacial score (nSPS) is 14.0. The lowest BCUT2D eigenvalue weighted by atomic mass is 10.1. The van der Waals surface area contributed by atoms with Crippen molar-refractivity contribution in [1.29, 1.82) is 0 Å². The summed E-state index contributed by atoms with van der Waals surface area (Å²) in [6, 6.07) is 17.6. The summed E-state index contributed by atoms with van der Waals surface area (Å²) in [6.45, 7) is 2.74. The van der Waals surface area contributed by atoms with Gasteiger partial charge in [-0.15, -0.1) is 11.8 Å². The molecule has 1 amide bonds.